The summed E-state index contributed by atoms with van der Waals surface area (Å²) >= 11 is 12.4. The highest BCUT2D eigenvalue weighted by molar-refractivity contribution is 6.36. The second-order valence-electron chi connectivity index (χ2n) is 8.57. The first-order valence-corrected chi connectivity index (χ1v) is 12.2. The lowest BCUT2D eigenvalue weighted by Gasteiger charge is -2.35. The van der Waals surface area contributed by atoms with E-state index in [1.165, 1.54) is 13.2 Å². The Morgan fingerprint density at radius 2 is 1.84 bits per heavy atom. The topological polar surface area (TPSA) is 110 Å². The maximum absolute atomic E-state index is 12.8. The molecule has 3 N–H and O–H groups in total. The number of benzene rings is 1. The van der Waals surface area contributed by atoms with Crippen molar-refractivity contribution in [2.45, 2.75) is 25.1 Å². The molecule has 0 spiro atoms. The number of rotatable bonds is 6. The number of carbonyl (C=O) groups excluding carboxylic acids is 2. The maximum Gasteiger partial charge on any atom is 0.455 e. The average molecular weight is 568 g/mol. The van der Waals surface area contributed by atoms with Gasteiger partial charge in [0.25, 0.3) is 5.78 Å². The summed E-state index contributed by atoms with van der Waals surface area (Å²) in [5.74, 6) is -2.52. The highest BCUT2D eigenvalue weighted by Gasteiger charge is 2.40. The number of anilines is 3. The predicted molar refractivity (Wildman–Crippen MR) is 139 cm³/mol. The van der Waals surface area contributed by atoms with Crippen molar-refractivity contribution < 1.29 is 27.5 Å². The molecule has 0 saturated carbocycles. The van der Waals surface area contributed by atoms with Crippen molar-refractivity contribution >= 4 is 52.4 Å². The number of esters is 1. The predicted octanol–water partition coefficient (Wildman–Crippen LogP) is 5.65. The van der Waals surface area contributed by atoms with E-state index in [-0.39, 0.29) is 17.4 Å². The number of nitrogen functional groups attached to an aromatic ring is 1. The fraction of sp³-hybridized carbons (Fsp3) is 0.280. The highest BCUT2D eigenvalue weighted by Crippen LogP contribution is 2.33. The third-order valence-electron chi connectivity index (χ3n) is 5.99. The Hall–Kier alpha value is -3.57. The highest BCUT2D eigenvalue weighted by atomic mass is 35.5. The lowest BCUT2D eigenvalue weighted by molar-refractivity contribution is -0.0884. The van der Waals surface area contributed by atoms with Gasteiger partial charge in [-0.3, -0.25) is 4.79 Å². The van der Waals surface area contributed by atoms with Crippen LogP contribution in [0.25, 0.3) is 11.3 Å². The van der Waals surface area contributed by atoms with Crippen molar-refractivity contribution in [1.82, 2.24) is 9.97 Å². The average Bonchev–Trinajstić information content (AvgIpc) is 2.87. The van der Waals surface area contributed by atoms with Gasteiger partial charge in [0.15, 0.2) is 0 Å². The van der Waals surface area contributed by atoms with E-state index in [4.69, 9.17) is 38.7 Å². The second-order valence-corrected chi connectivity index (χ2v) is 9.41. The zero-order chi connectivity index (χ0) is 27.6. The number of piperidine rings is 1. The Morgan fingerprint density at radius 1 is 1.11 bits per heavy atom. The van der Waals surface area contributed by atoms with Crippen LogP contribution < -0.4 is 16.0 Å². The van der Waals surface area contributed by atoms with Gasteiger partial charge >= 0.3 is 12.1 Å². The number of methoxy groups -OCH3 is 1. The molecule has 3 aromatic rings. The molecule has 3 heterocycles. The van der Waals surface area contributed by atoms with Crippen LogP contribution in [0.15, 0.2) is 42.5 Å². The molecular weight excluding hydrogens is 546 g/mol. The molecule has 0 amide bonds. The van der Waals surface area contributed by atoms with E-state index in [1.807, 2.05) is 4.90 Å². The number of hydrogen-bond acceptors (Lipinski definition) is 8. The minimum Gasteiger partial charge on any atom is -0.465 e. The number of halogens is 5. The van der Waals surface area contributed by atoms with Crippen LogP contribution in [0.2, 0.25) is 10.0 Å². The van der Waals surface area contributed by atoms with Crippen LogP contribution in [0, 0.1) is 0 Å². The summed E-state index contributed by atoms with van der Waals surface area (Å²) in [6.07, 6.45) is -3.63. The Bertz CT molecular complexity index is 1390. The molecule has 2 aromatic heterocycles. The van der Waals surface area contributed by atoms with Gasteiger partial charge in [0.2, 0.25) is 0 Å². The SMILES string of the molecule is COC(=O)c1ccc(-c2ccc(Cl)cc2Cl)nc1N1CCCC(Nc2ccc(C(=O)C(F)(F)F)c(N)n2)C1. The number of hydrogen-bond donors (Lipinski definition) is 2. The molecule has 1 aromatic carbocycles. The van der Waals surface area contributed by atoms with Gasteiger partial charge in [-0.15, -0.1) is 0 Å². The molecule has 8 nitrogen and oxygen atoms in total. The fourth-order valence-corrected chi connectivity index (χ4v) is 4.71. The Morgan fingerprint density at radius 3 is 2.50 bits per heavy atom. The summed E-state index contributed by atoms with van der Waals surface area (Å²) in [4.78, 5) is 34.6. The van der Waals surface area contributed by atoms with Crippen LogP contribution in [0.3, 0.4) is 0 Å². The molecule has 1 aliphatic rings. The summed E-state index contributed by atoms with van der Waals surface area (Å²) in [5, 5.41) is 4.02. The van der Waals surface area contributed by atoms with Crippen LogP contribution >= 0.6 is 23.2 Å². The molecule has 0 bridgehead atoms. The molecule has 1 fully saturated rings. The first-order valence-electron chi connectivity index (χ1n) is 11.4. The van der Waals surface area contributed by atoms with E-state index in [9.17, 15) is 22.8 Å². The molecule has 4 rings (SSSR count). The van der Waals surface area contributed by atoms with Crippen LogP contribution in [0.4, 0.5) is 30.6 Å². The molecule has 38 heavy (non-hydrogen) atoms. The quantitative estimate of drug-likeness (QED) is 0.290. The van der Waals surface area contributed by atoms with Crippen LogP contribution in [-0.4, -0.2) is 54.1 Å². The van der Waals surface area contributed by atoms with E-state index in [0.717, 1.165) is 6.07 Å². The molecule has 1 unspecified atom stereocenters. The summed E-state index contributed by atoms with van der Waals surface area (Å²) in [7, 11) is 1.28. The minimum absolute atomic E-state index is 0.213. The van der Waals surface area contributed by atoms with Gasteiger partial charge in [0.1, 0.15) is 23.0 Å². The van der Waals surface area contributed by atoms with Gasteiger partial charge in [-0.2, -0.15) is 13.2 Å². The van der Waals surface area contributed by atoms with Gasteiger partial charge in [0.05, 0.1) is 23.4 Å². The second kappa shape index (κ2) is 11.0. The van der Waals surface area contributed by atoms with E-state index in [1.54, 1.807) is 30.3 Å². The van der Waals surface area contributed by atoms with Gasteiger partial charge < -0.3 is 20.7 Å². The molecule has 0 aliphatic carbocycles. The van der Waals surface area contributed by atoms with Crippen LogP contribution in [0.1, 0.15) is 33.6 Å². The molecule has 1 atom stereocenters. The lowest BCUT2D eigenvalue weighted by atomic mass is 10.0. The van der Waals surface area contributed by atoms with E-state index in [2.05, 4.69) is 10.3 Å². The van der Waals surface area contributed by atoms with Crippen molar-refractivity contribution in [3.05, 3.63) is 63.6 Å². The number of ketones is 1. The summed E-state index contributed by atoms with van der Waals surface area (Å²) in [6.45, 7) is 0.973. The number of nitrogens with one attached hydrogen (secondary N) is 1. The summed E-state index contributed by atoms with van der Waals surface area (Å²) in [6, 6.07) is 10.4. The Labute approximate surface area is 225 Å². The standard InChI is InChI=1S/C25H22Cl2F3N5O3/c1-38-24(37)17-6-8-19(15-5-4-13(26)11-18(15)27)33-23(17)35-10-2-3-14(12-35)32-20-9-7-16(22(31)34-20)21(36)25(28,29)30/h4-9,11,14H,2-3,10,12H2,1H3,(H3,31,32,34). The molecule has 13 heteroatoms. The van der Waals surface area contributed by atoms with Gasteiger partial charge in [-0.25, -0.2) is 14.8 Å². The molecule has 200 valence electrons. The summed E-state index contributed by atoms with van der Waals surface area (Å²) < 4.78 is 43.3. The first kappa shape index (κ1) is 27.5. The van der Waals surface area contributed by atoms with Crippen molar-refractivity contribution in [3.8, 4) is 11.3 Å². The number of alkyl halides is 3. The molecular formula is C25H22Cl2F3N5O3. The number of nitrogens with zero attached hydrogens (tertiary/aromatic N) is 3. The third-order valence-corrected chi connectivity index (χ3v) is 6.54. The lowest BCUT2D eigenvalue weighted by Crippen LogP contribution is -2.43. The summed E-state index contributed by atoms with van der Waals surface area (Å²) in [5.41, 5.74) is 6.36. The van der Waals surface area contributed by atoms with Crippen molar-refractivity contribution in [2.24, 2.45) is 0 Å². The van der Waals surface area contributed by atoms with Crippen LogP contribution in [0.5, 0.6) is 0 Å². The number of pyridine rings is 2. The van der Waals surface area contributed by atoms with Crippen molar-refractivity contribution in [3.63, 3.8) is 0 Å². The molecule has 1 aliphatic heterocycles. The largest absolute Gasteiger partial charge is 0.465 e. The number of carbonyl (C=O) groups is 2. The number of nitrogens with two attached hydrogens (primary N) is 1. The van der Waals surface area contributed by atoms with Gasteiger partial charge in [0, 0.05) is 29.7 Å². The Kier molecular flexibility index (Phi) is 7.98. The zero-order valence-corrected chi connectivity index (χ0v) is 21.5. The van der Waals surface area contributed by atoms with Crippen molar-refractivity contribution in [2.75, 3.05) is 36.1 Å². The van der Waals surface area contributed by atoms with E-state index < -0.39 is 29.3 Å². The van der Waals surface area contributed by atoms with E-state index in [0.29, 0.717) is 53.1 Å². The molecule has 1 saturated heterocycles. The number of ether oxygens (including phenoxy) is 1. The van der Waals surface area contributed by atoms with Gasteiger partial charge in [-0.05, 0) is 55.3 Å². The van der Waals surface area contributed by atoms with Crippen molar-refractivity contribution in [1.29, 1.82) is 0 Å². The Balaban J connectivity index is 1.60. The monoisotopic (exact) mass is 567 g/mol. The molecule has 0 radical (unpaired) electrons. The normalized spacial score (nSPS) is 15.7. The maximum atomic E-state index is 12.8. The smallest absolute Gasteiger partial charge is 0.455 e. The van der Waals surface area contributed by atoms with E-state index >= 15 is 0 Å². The first-order chi connectivity index (χ1) is 18.0. The number of Topliss-reactive ketones (excluding diaryl/α,β-unsaturated/α-hetero) is 1. The number of aromatic nitrogens is 2. The minimum atomic E-state index is -5.05. The zero-order valence-electron chi connectivity index (χ0n) is 20.0. The van der Waals surface area contributed by atoms with Gasteiger partial charge in [-0.1, -0.05) is 23.2 Å². The van der Waals surface area contributed by atoms with Crippen LogP contribution in [-0.2, 0) is 4.74 Å². The fourth-order valence-electron chi connectivity index (χ4n) is 4.20. The third kappa shape index (κ3) is 5.94.